The van der Waals surface area contributed by atoms with Crippen LogP contribution >= 0.6 is 0 Å². The van der Waals surface area contributed by atoms with Crippen LogP contribution in [-0.2, 0) is 46.6 Å². The second kappa shape index (κ2) is 20.6. The molecule has 0 saturated carbocycles. The van der Waals surface area contributed by atoms with Gasteiger partial charge in [-0.1, -0.05) is 0 Å². The van der Waals surface area contributed by atoms with Crippen molar-refractivity contribution in [2.45, 2.75) is 45.4 Å². The van der Waals surface area contributed by atoms with Crippen LogP contribution in [0.1, 0.15) is 48.4 Å². The lowest BCUT2D eigenvalue weighted by atomic mass is 9.97. The van der Waals surface area contributed by atoms with Crippen LogP contribution in [0.4, 0.5) is 0 Å². The molecule has 0 aliphatic rings. The molecule has 51 heavy (non-hydrogen) atoms. The van der Waals surface area contributed by atoms with Crippen LogP contribution in [0, 0.1) is 0 Å². The lowest BCUT2D eigenvalue weighted by Crippen LogP contribution is -2.46. The highest BCUT2D eigenvalue weighted by Crippen LogP contribution is 2.18. The molecule has 2 aromatic rings. The first-order valence-corrected chi connectivity index (χ1v) is 18.0. The minimum Gasteiger partial charge on any atom is -0.490 e. The van der Waals surface area contributed by atoms with Crippen molar-refractivity contribution in [3.63, 3.8) is 0 Å². The number of hydrogen-bond donors (Lipinski definition) is 2. The molecule has 0 spiro atoms. The van der Waals surface area contributed by atoms with Crippen molar-refractivity contribution in [2.24, 2.45) is 0 Å². The quantitative estimate of drug-likeness (QED) is 0.0518. The number of carbonyl (C=O) groups excluding carboxylic acids is 5. The molecule has 0 atom stereocenters. The molecule has 0 amide bonds. The maximum atomic E-state index is 12.4. The van der Waals surface area contributed by atoms with Crippen molar-refractivity contribution < 1.29 is 75.9 Å². The van der Waals surface area contributed by atoms with Crippen LogP contribution in [-0.4, -0.2) is 126 Å². The Bertz CT molecular complexity index is 1330. The molecule has 0 unspecified atom stereocenters. The van der Waals surface area contributed by atoms with E-state index in [2.05, 4.69) is 0 Å². The topological polar surface area (TPSA) is 209 Å². The van der Waals surface area contributed by atoms with E-state index in [-0.39, 0.29) is 39.6 Å². The third-order valence-corrected chi connectivity index (χ3v) is 8.49. The Morgan fingerprint density at radius 3 is 1.16 bits per heavy atom. The molecule has 0 aromatic heterocycles. The normalized spacial score (nSPS) is 11.8. The number of Topliss-reactive ketones (excluding diaryl/α,β-unsaturated/α-hetero) is 2. The zero-order chi connectivity index (χ0) is 38.1. The molecule has 0 aliphatic heterocycles. The van der Waals surface area contributed by atoms with Crippen LogP contribution < -0.4 is 9.47 Å². The molecule has 0 aliphatic carbocycles. The summed E-state index contributed by atoms with van der Waals surface area (Å²) in [5, 5.41) is 19.7. The number of rotatable bonds is 24. The standard InChI is InChI=1S/C34H46O16Si/c1-33(2,40)31(38)24-7-11-26(12-8-24)43-17-19-46-29(36)22-49-51(6,48-21-28(35)45-16-15-42-5)50-23-30(37)47-20-18-44-27-13-9-25(10-14-27)32(39)34(3,4)41/h7-14,40-41H,15-23H2,1-6H3. The second-order valence-electron chi connectivity index (χ2n) is 11.9. The SMILES string of the molecule is COCCOC(=O)CO[Si](C)(OCC(=O)OCCOc1ccc(C(=O)C(C)(C)O)cc1)OCC(=O)OCCOc1ccc(C(=O)C(C)(C)O)cc1. The first kappa shape index (κ1) is 42.9. The number of carbonyl (C=O) groups is 5. The average molecular weight is 739 g/mol. The molecule has 17 heteroatoms. The highest BCUT2D eigenvalue weighted by molar-refractivity contribution is 6.59. The fourth-order valence-corrected chi connectivity index (χ4v) is 5.19. The Labute approximate surface area is 297 Å². The van der Waals surface area contributed by atoms with Gasteiger partial charge in [0.05, 0.1) is 6.61 Å². The number of ketones is 2. The van der Waals surface area contributed by atoms with Gasteiger partial charge in [0.1, 0.15) is 75.6 Å². The fraction of sp³-hybridized carbons (Fsp3) is 0.500. The van der Waals surface area contributed by atoms with Crippen molar-refractivity contribution in [3.8, 4) is 11.5 Å². The number of methoxy groups -OCH3 is 1. The van der Waals surface area contributed by atoms with Crippen LogP contribution in [0.15, 0.2) is 48.5 Å². The summed E-state index contributed by atoms with van der Waals surface area (Å²) in [4.78, 5) is 61.1. The average Bonchev–Trinajstić information content (AvgIpc) is 3.08. The van der Waals surface area contributed by atoms with Gasteiger partial charge in [-0.05, 0) is 76.2 Å². The Kier molecular flexibility index (Phi) is 17.3. The van der Waals surface area contributed by atoms with Gasteiger partial charge in [0.25, 0.3) is 0 Å². The van der Waals surface area contributed by atoms with E-state index in [1.165, 1.54) is 89.9 Å². The molecule has 0 heterocycles. The maximum absolute atomic E-state index is 12.4. The molecule has 2 aromatic carbocycles. The van der Waals surface area contributed by atoms with Crippen LogP contribution in [0.3, 0.4) is 0 Å². The van der Waals surface area contributed by atoms with Gasteiger partial charge in [-0.3, -0.25) is 9.59 Å². The molecule has 0 fully saturated rings. The monoisotopic (exact) mass is 738 g/mol. The lowest BCUT2D eigenvalue weighted by molar-refractivity contribution is -0.152. The number of esters is 3. The summed E-state index contributed by atoms with van der Waals surface area (Å²) >= 11 is 0. The van der Waals surface area contributed by atoms with E-state index in [4.69, 9.17) is 41.7 Å². The summed E-state index contributed by atoms with van der Waals surface area (Å²) in [7, 11) is -2.39. The van der Waals surface area contributed by atoms with Crippen LogP contribution in [0.2, 0.25) is 6.55 Å². The number of benzene rings is 2. The molecule has 2 rings (SSSR count). The Hall–Kier alpha value is -4.23. The number of ether oxygens (including phenoxy) is 6. The molecule has 0 radical (unpaired) electrons. The lowest BCUT2D eigenvalue weighted by Gasteiger charge is -2.25. The van der Waals surface area contributed by atoms with Gasteiger partial charge in [-0.15, -0.1) is 0 Å². The molecule has 0 saturated heterocycles. The van der Waals surface area contributed by atoms with Crippen LogP contribution in [0.5, 0.6) is 11.5 Å². The van der Waals surface area contributed by atoms with Gasteiger partial charge in [-0.25, -0.2) is 14.4 Å². The van der Waals surface area contributed by atoms with Gasteiger partial charge < -0.3 is 51.9 Å². The minimum atomic E-state index is -3.83. The van der Waals surface area contributed by atoms with E-state index in [0.29, 0.717) is 22.6 Å². The summed E-state index contributed by atoms with van der Waals surface area (Å²) in [6.45, 7) is 4.83. The number of hydrogen-bond acceptors (Lipinski definition) is 16. The van der Waals surface area contributed by atoms with E-state index in [1.807, 2.05) is 0 Å². The van der Waals surface area contributed by atoms with Gasteiger partial charge >= 0.3 is 26.7 Å². The first-order chi connectivity index (χ1) is 23.9. The highest BCUT2D eigenvalue weighted by Gasteiger charge is 2.38. The van der Waals surface area contributed by atoms with Gasteiger partial charge in [0, 0.05) is 24.8 Å². The third-order valence-electron chi connectivity index (χ3n) is 6.48. The summed E-state index contributed by atoms with van der Waals surface area (Å²) in [5.74, 6) is -2.46. The fourth-order valence-electron chi connectivity index (χ4n) is 3.80. The predicted molar refractivity (Wildman–Crippen MR) is 179 cm³/mol. The number of aliphatic hydroxyl groups is 2. The van der Waals surface area contributed by atoms with E-state index < -0.39 is 69.3 Å². The molecular formula is C34H46O16Si. The van der Waals surface area contributed by atoms with Crippen molar-refractivity contribution in [2.75, 3.05) is 66.6 Å². The molecule has 282 valence electrons. The van der Waals surface area contributed by atoms with Crippen molar-refractivity contribution in [1.82, 2.24) is 0 Å². The van der Waals surface area contributed by atoms with Crippen molar-refractivity contribution in [1.29, 1.82) is 0 Å². The summed E-state index contributed by atoms with van der Waals surface area (Å²) in [6.07, 6.45) is 0. The summed E-state index contributed by atoms with van der Waals surface area (Å²) < 4.78 is 47.6. The first-order valence-electron chi connectivity index (χ1n) is 15.8. The van der Waals surface area contributed by atoms with Gasteiger partial charge in [0.15, 0.2) is 11.6 Å². The van der Waals surface area contributed by atoms with Gasteiger partial charge in [0.2, 0.25) is 0 Å². The molecule has 16 nitrogen and oxygen atoms in total. The molecule has 0 bridgehead atoms. The van der Waals surface area contributed by atoms with Crippen LogP contribution in [0.25, 0.3) is 0 Å². The van der Waals surface area contributed by atoms with E-state index in [0.717, 1.165) is 0 Å². The van der Waals surface area contributed by atoms with Crippen molar-refractivity contribution >= 4 is 38.3 Å². The Morgan fingerprint density at radius 1 is 0.549 bits per heavy atom. The maximum Gasteiger partial charge on any atom is 0.499 e. The highest BCUT2D eigenvalue weighted by atomic mass is 28.4. The summed E-state index contributed by atoms with van der Waals surface area (Å²) in [6, 6.07) is 12.2. The van der Waals surface area contributed by atoms with E-state index >= 15 is 0 Å². The molecule has 2 N–H and O–H groups in total. The minimum absolute atomic E-state index is 0.0202. The Balaban J connectivity index is 1.81. The van der Waals surface area contributed by atoms with Gasteiger partial charge in [-0.2, -0.15) is 0 Å². The van der Waals surface area contributed by atoms with E-state index in [9.17, 15) is 34.2 Å². The largest absolute Gasteiger partial charge is 0.499 e. The smallest absolute Gasteiger partial charge is 0.490 e. The third kappa shape index (κ3) is 16.6. The zero-order valence-electron chi connectivity index (χ0n) is 29.6. The second-order valence-corrected chi connectivity index (χ2v) is 14.5. The predicted octanol–water partition coefficient (Wildman–Crippen LogP) is 1.95. The molecular weight excluding hydrogens is 692 g/mol. The van der Waals surface area contributed by atoms with Crippen molar-refractivity contribution in [3.05, 3.63) is 59.7 Å². The zero-order valence-corrected chi connectivity index (χ0v) is 30.6. The van der Waals surface area contributed by atoms with E-state index in [1.54, 1.807) is 0 Å². The Morgan fingerprint density at radius 2 is 0.863 bits per heavy atom. The summed E-state index contributed by atoms with van der Waals surface area (Å²) in [5.41, 5.74) is -2.41.